The van der Waals surface area contributed by atoms with Gasteiger partial charge in [-0.05, 0) is 43.7 Å². The van der Waals surface area contributed by atoms with Gasteiger partial charge >= 0.3 is 0 Å². The third-order valence-corrected chi connectivity index (χ3v) is 4.23. The van der Waals surface area contributed by atoms with Gasteiger partial charge in [0.1, 0.15) is 0 Å². The number of anilines is 2. The van der Waals surface area contributed by atoms with Crippen molar-refractivity contribution in [3.63, 3.8) is 0 Å². The first-order valence-electron chi connectivity index (χ1n) is 6.76. The molecule has 4 N–H and O–H groups in total. The van der Waals surface area contributed by atoms with Gasteiger partial charge in [-0.1, -0.05) is 11.6 Å². The fraction of sp³-hybridized carbons (Fsp3) is 0.267. The molecule has 0 fully saturated rings. The van der Waals surface area contributed by atoms with Crippen molar-refractivity contribution in [2.45, 2.75) is 13.3 Å². The van der Waals surface area contributed by atoms with Gasteiger partial charge in [0.15, 0.2) is 0 Å². The number of thiophene rings is 1. The van der Waals surface area contributed by atoms with E-state index < -0.39 is 0 Å². The Morgan fingerprint density at radius 3 is 2.81 bits per heavy atom. The van der Waals surface area contributed by atoms with Crippen LogP contribution in [0.4, 0.5) is 11.4 Å². The van der Waals surface area contributed by atoms with Gasteiger partial charge in [-0.15, -0.1) is 11.3 Å². The monoisotopic (exact) mass is 323 g/mol. The van der Waals surface area contributed by atoms with Gasteiger partial charge in [-0.25, -0.2) is 0 Å². The summed E-state index contributed by atoms with van der Waals surface area (Å²) in [6.07, 6.45) is 0.848. The standard InChI is InChI=1S/C15H18ClN3OS/c1-2-18-15(20)12-5-3-10(17)9-13(12)19-8-7-11-4-6-14(16)21-11/h3-6,9,19H,2,7-8,17H2,1H3,(H,18,20). The van der Waals surface area contributed by atoms with Crippen molar-refractivity contribution in [1.29, 1.82) is 0 Å². The maximum Gasteiger partial charge on any atom is 0.253 e. The molecule has 21 heavy (non-hydrogen) atoms. The van der Waals surface area contributed by atoms with E-state index in [0.29, 0.717) is 24.3 Å². The Bertz CT molecular complexity index is 627. The molecular weight excluding hydrogens is 306 g/mol. The molecular formula is C15H18ClN3OS. The molecule has 0 saturated heterocycles. The van der Waals surface area contributed by atoms with Crippen molar-refractivity contribution in [2.24, 2.45) is 0 Å². The highest BCUT2D eigenvalue weighted by molar-refractivity contribution is 7.16. The lowest BCUT2D eigenvalue weighted by Gasteiger charge is -2.12. The van der Waals surface area contributed by atoms with Crippen LogP contribution in [0.5, 0.6) is 0 Å². The summed E-state index contributed by atoms with van der Waals surface area (Å²) < 4.78 is 0.789. The zero-order valence-corrected chi connectivity index (χ0v) is 13.4. The molecule has 6 heteroatoms. The number of nitrogens with two attached hydrogens (primary N) is 1. The lowest BCUT2D eigenvalue weighted by molar-refractivity contribution is 0.0956. The van der Waals surface area contributed by atoms with Crippen LogP contribution in [0.15, 0.2) is 30.3 Å². The van der Waals surface area contributed by atoms with E-state index in [2.05, 4.69) is 10.6 Å². The topological polar surface area (TPSA) is 67.2 Å². The van der Waals surface area contributed by atoms with E-state index in [4.69, 9.17) is 17.3 Å². The Kier molecular flexibility index (Phi) is 5.47. The summed E-state index contributed by atoms with van der Waals surface area (Å²) in [6.45, 7) is 3.20. The number of hydrogen-bond acceptors (Lipinski definition) is 4. The Labute approximate surface area is 133 Å². The second kappa shape index (κ2) is 7.33. The number of nitrogen functional groups attached to an aromatic ring is 1. The molecule has 2 rings (SSSR count). The molecule has 0 radical (unpaired) electrons. The van der Waals surface area contributed by atoms with Crippen LogP contribution in [-0.2, 0) is 6.42 Å². The van der Waals surface area contributed by atoms with Crippen molar-refractivity contribution in [3.8, 4) is 0 Å². The maximum atomic E-state index is 12.0. The molecule has 1 aromatic carbocycles. The van der Waals surface area contributed by atoms with E-state index in [1.165, 1.54) is 4.88 Å². The third kappa shape index (κ3) is 4.37. The summed E-state index contributed by atoms with van der Waals surface area (Å²) in [5, 5.41) is 6.07. The number of carbonyl (C=O) groups is 1. The fourth-order valence-corrected chi connectivity index (χ4v) is 3.06. The predicted molar refractivity (Wildman–Crippen MR) is 90.4 cm³/mol. The zero-order chi connectivity index (χ0) is 15.2. The SMILES string of the molecule is CCNC(=O)c1ccc(N)cc1NCCc1ccc(Cl)s1. The first-order chi connectivity index (χ1) is 10.1. The average molecular weight is 324 g/mol. The van der Waals surface area contributed by atoms with Gasteiger partial charge < -0.3 is 16.4 Å². The molecule has 4 nitrogen and oxygen atoms in total. The number of amides is 1. The van der Waals surface area contributed by atoms with Gasteiger partial charge in [0.05, 0.1) is 9.90 Å². The average Bonchev–Trinajstić information content (AvgIpc) is 2.85. The molecule has 0 atom stereocenters. The Morgan fingerprint density at radius 2 is 2.14 bits per heavy atom. The van der Waals surface area contributed by atoms with Gasteiger partial charge in [0, 0.05) is 29.3 Å². The van der Waals surface area contributed by atoms with E-state index >= 15 is 0 Å². The maximum absolute atomic E-state index is 12.0. The highest BCUT2D eigenvalue weighted by Crippen LogP contribution is 2.23. The van der Waals surface area contributed by atoms with Crippen molar-refractivity contribution in [2.75, 3.05) is 24.1 Å². The summed E-state index contributed by atoms with van der Waals surface area (Å²) in [7, 11) is 0. The number of benzene rings is 1. The molecule has 0 aliphatic heterocycles. The summed E-state index contributed by atoms with van der Waals surface area (Å²) in [6, 6.07) is 9.16. The zero-order valence-electron chi connectivity index (χ0n) is 11.8. The molecule has 1 aromatic heterocycles. The lowest BCUT2D eigenvalue weighted by Crippen LogP contribution is -2.24. The number of hydrogen-bond donors (Lipinski definition) is 3. The van der Waals surface area contributed by atoms with Gasteiger partial charge in [0.2, 0.25) is 0 Å². The largest absolute Gasteiger partial charge is 0.399 e. The summed E-state index contributed by atoms with van der Waals surface area (Å²) in [4.78, 5) is 13.2. The van der Waals surface area contributed by atoms with Crippen LogP contribution in [0.1, 0.15) is 22.2 Å². The molecule has 2 aromatic rings. The third-order valence-electron chi connectivity index (χ3n) is 2.94. The minimum Gasteiger partial charge on any atom is -0.399 e. The van der Waals surface area contributed by atoms with Crippen LogP contribution in [0.25, 0.3) is 0 Å². The van der Waals surface area contributed by atoms with E-state index in [1.807, 2.05) is 19.1 Å². The molecule has 0 bridgehead atoms. The number of nitrogens with one attached hydrogen (secondary N) is 2. The van der Waals surface area contributed by atoms with Crippen LogP contribution in [0, 0.1) is 0 Å². The van der Waals surface area contributed by atoms with Crippen molar-refractivity contribution in [1.82, 2.24) is 5.32 Å². The first kappa shape index (κ1) is 15.7. The molecule has 0 aliphatic carbocycles. The molecule has 0 saturated carbocycles. The molecule has 0 aliphatic rings. The second-order valence-electron chi connectivity index (χ2n) is 4.55. The number of carbonyl (C=O) groups excluding carboxylic acids is 1. The Hall–Kier alpha value is -1.72. The molecule has 0 spiro atoms. The van der Waals surface area contributed by atoms with Crippen LogP contribution in [-0.4, -0.2) is 19.0 Å². The Balaban J connectivity index is 2.04. The molecule has 1 amide bonds. The fourth-order valence-electron chi connectivity index (χ4n) is 1.97. The Morgan fingerprint density at radius 1 is 1.33 bits per heavy atom. The molecule has 0 unspecified atom stereocenters. The normalized spacial score (nSPS) is 10.4. The second-order valence-corrected chi connectivity index (χ2v) is 6.35. The summed E-state index contributed by atoms with van der Waals surface area (Å²) in [5.41, 5.74) is 7.79. The van der Waals surface area contributed by atoms with Crippen LogP contribution >= 0.6 is 22.9 Å². The minimum absolute atomic E-state index is 0.0980. The number of rotatable bonds is 6. The first-order valence-corrected chi connectivity index (χ1v) is 7.95. The van der Waals surface area contributed by atoms with Gasteiger partial charge in [-0.2, -0.15) is 0 Å². The van der Waals surface area contributed by atoms with Gasteiger partial charge in [0.25, 0.3) is 5.91 Å². The van der Waals surface area contributed by atoms with Gasteiger partial charge in [-0.3, -0.25) is 4.79 Å². The summed E-state index contributed by atoms with van der Waals surface area (Å²) >= 11 is 7.47. The quantitative estimate of drug-likeness (QED) is 0.714. The van der Waals surface area contributed by atoms with E-state index in [-0.39, 0.29) is 5.91 Å². The number of halogens is 1. The molecule has 112 valence electrons. The van der Waals surface area contributed by atoms with E-state index in [9.17, 15) is 4.79 Å². The van der Waals surface area contributed by atoms with Crippen LogP contribution < -0.4 is 16.4 Å². The smallest absolute Gasteiger partial charge is 0.253 e. The predicted octanol–water partition coefficient (Wildman–Crippen LogP) is 3.39. The van der Waals surface area contributed by atoms with Crippen molar-refractivity contribution >= 4 is 40.2 Å². The van der Waals surface area contributed by atoms with Crippen LogP contribution in [0.3, 0.4) is 0 Å². The highest BCUT2D eigenvalue weighted by Gasteiger charge is 2.10. The lowest BCUT2D eigenvalue weighted by atomic mass is 10.1. The van der Waals surface area contributed by atoms with Crippen molar-refractivity contribution < 1.29 is 4.79 Å². The minimum atomic E-state index is -0.0980. The van der Waals surface area contributed by atoms with E-state index in [1.54, 1.807) is 29.5 Å². The highest BCUT2D eigenvalue weighted by atomic mass is 35.5. The van der Waals surface area contributed by atoms with E-state index in [0.717, 1.165) is 16.4 Å². The summed E-state index contributed by atoms with van der Waals surface area (Å²) in [5.74, 6) is -0.0980. The van der Waals surface area contributed by atoms with Crippen molar-refractivity contribution in [3.05, 3.63) is 45.1 Å². The molecule has 1 heterocycles. The van der Waals surface area contributed by atoms with Crippen LogP contribution in [0.2, 0.25) is 4.34 Å².